The van der Waals surface area contributed by atoms with E-state index in [9.17, 15) is 14.9 Å². The van der Waals surface area contributed by atoms with Crippen LogP contribution in [0.3, 0.4) is 0 Å². The number of rotatable bonds is 6. The van der Waals surface area contributed by atoms with Crippen LogP contribution in [0.1, 0.15) is 38.5 Å². The van der Waals surface area contributed by atoms with Crippen molar-refractivity contribution in [3.63, 3.8) is 0 Å². The standard InChI is InChI=1S/C24H33ClN4O3/c1-26(16-24-12-17-8-18(13-24)10-19(9-17)14-24)15-23(30)28-6-4-27(5-7-28)21-3-2-20(25)11-22(21)29(31)32/h2-3,11,17-19H,4-10,12-16H2,1H3. The van der Waals surface area contributed by atoms with Crippen molar-refractivity contribution in [1.82, 2.24) is 9.80 Å². The molecule has 174 valence electrons. The molecule has 1 amide bonds. The molecule has 0 radical (unpaired) electrons. The fourth-order valence-electron chi connectivity index (χ4n) is 7.55. The van der Waals surface area contributed by atoms with Gasteiger partial charge in [-0.05, 0) is 80.9 Å². The van der Waals surface area contributed by atoms with Crippen molar-refractivity contribution in [2.75, 3.05) is 51.2 Å². The van der Waals surface area contributed by atoms with Crippen LogP contribution in [0.2, 0.25) is 5.02 Å². The third-order valence-electron chi connectivity index (χ3n) is 8.28. The first-order valence-electron chi connectivity index (χ1n) is 12.0. The zero-order valence-corrected chi connectivity index (χ0v) is 19.6. The topological polar surface area (TPSA) is 69.9 Å². The molecule has 0 spiro atoms. The van der Waals surface area contributed by atoms with Crippen LogP contribution in [-0.4, -0.2) is 66.9 Å². The number of hydrogen-bond donors (Lipinski definition) is 0. The first-order chi connectivity index (χ1) is 15.3. The Balaban J connectivity index is 1.15. The van der Waals surface area contributed by atoms with E-state index in [1.54, 1.807) is 12.1 Å². The number of carbonyl (C=O) groups excluding carboxylic acids is 1. The summed E-state index contributed by atoms with van der Waals surface area (Å²) in [7, 11) is 2.10. The quantitative estimate of drug-likeness (QED) is 0.473. The molecule has 5 fully saturated rings. The second-order valence-electron chi connectivity index (χ2n) is 10.8. The first-order valence-corrected chi connectivity index (χ1v) is 12.3. The Morgan fingerprint density at radius 3 is 2.28 bits per heavy atom. The summed E-state index contributed by atoms with van der Waals surface area (Å²) in [5.41, 5.74) is 1.04. The van der Waals surface area contributed by atoms with Gasteiger partial charge in [-0.25, -0.2) is 0 Å². The van der Waals surface area contributed by atoms with E-state index in [2.05, 4.69) is 11.9 Å². The van der Waals surface area contributed by atoms with E-state index in [4.69, 9.17) is 11.6 Å². The molecule has 1 aliphatic heterocycles. The number of benzene rings is 1. The Kier molecular flexibility index (Phi) is 5.82. The van der Waals surface area contributed by atoms with Crippen molar-refractivity contribution in [3.05, 3.63) is 33.3 Å². The largest absolute Gasteiger partial charge is 0.362 e. The number of nitrogens with zero attached hydrogens (tertiary/aromatic N) is 4. The summed E-state index contributed by atoms with van der Waals surface area (Å²) < 4.78 is 0. The number of amides is 1. The molecule has 7 nitrogen and oxygen atoms in total. The van der Waals surface area contributed by atoms with Crippen LogP contribution in [0, 0.1) is 33.3 Å². The first kappa shape index (κ1) is 22.0. The minimum Gasteiger partial charge on any atom is -0.362 e. The van der Waals surface area contributed by atoms with Gasteiger partial charge in [0, 0.05) is 43.8 Å². The maximum Gasteiger partial charge on any atom is 0.294 e. The van der Waals surface area contributed by atoms with E-state index in [-0.39, 0.29) is 11.6 Å². The van der Waals surface area contributed by atoms with E-state index in [0.29, 0.717) is 48.8 Å². The van der Waals surface area contributed by atoms with Crippen LogP contribution in [0.25, 0.3) is 0 Å². The lowest BCUT2D eigenvalue weighted by molar-refractivity contribution is -0.384. The molecule has 0 N–H and O–H groups in total. The lowest BCUT2D eigenvalue weighted by atomic mass is 9.49. The van der Waals surface area contributed by atoms with Crippen molar-refractivity contribution < 1.29 is 9.72 Å². The Morgan fingerprint density at radius 1 is 1.12 bits per heavy atom. The zero-order valence-electron chi connectivity index (χ0n) is 18.8. The van der Waals surface area contributed by atoms with Gasteiger partial charge < -0.3 is 9.80 Å². The number of halogens is 1. The second-order valence-corrected chi connectivity index (χ2v) is 11.3. The lowest BCUT2D eigenvalue weighted by Crippen LogP contribution is -2.53. The molecule has 0 atom stereocenters. The van der Waals surface area contributed by atoms with Crippen molar-refractivity contribution >= 4 is 28.9 Å². The Morgan fingerprint density at radius 2 is 1.72 bits per heavy atom. The Labute approximate surface area is 194 Å². The van der Waals surface area contributed by atoms with E-state index in [1.165, 1.54) is 44.6 Å². The average molecular weight is 461 g/mol. The second kappa shape index (κ2) is 8.49. The van der Waals surface area contributed by atoms with Crippen LogP contribution in [-0.2, 0) is 4.79 Å². The van der Waals surface area contributed by atoms with Gasteiger partial charge in [0.15, 0.2) is 0 Å². The molecule has 0 unspecified atom stereocenters. The van der Waals surface area contributed by atoms with Gasteiger partial charge in [-0.3, -0.25) is 19.8 Å². The molecule has 1 saturated heterocycles. The molecule has 1 aromatic rings. The number of carbonyl (C=O) groups is 1. The van der Waals surface area contributed by atoms with Gasteiger partial charge in [0.05, 0.1) is 11.5 Å². The Bertz CT molecular complexity index is 864. The molecule has 32 heavy (non-hydrogen) atoms. The highest BCUT2D eigenvalue weighted by molar-refractivity contribution is 6.30. The normalized spacial score (nSPS) is 31.4. The summed E-state index contributed by atoms with van der Waals surface area (Å²) in [5.74, 6) is 2.95. The maximum absolute atomic E-state index is 13.0. The van der Waals surface area contributed by atoms with Crippen molar-refractivity contribution in [2.45, 2.75) is 38.5 Å². The van der Waals surface area contributed by atoms with Gasteiger partial charge in [-0.2, -0.15) is 0 Å². The van der Waals surface area contributed by atoms with Crippen molar-refractivity contribution in [2.24, 2.45) is 23.2 Å². The molecular weight excluding hydrogens is 428 g/mol. The van der Waals surface area contributed by atoms with Crippen molar-refractivity contribution in [3.8, 4) is 0 Å². The van der Waals surface area contributed by atoms with E-state index < -0.39 is 4.92 Å². The van der Waals surface area contributed by atoms with Gasteiger partial charge in [-0.1, -0.05) is 11.6 Å². The highest BCUT2D eigenvalue weighted by atomic mass is 35.5. The average Bonchev–Trinajstić information content (AvgIpc) is 2.72. The molecule has 5 aliphatic rings. The number of hydrogen-bond acceptors (Lipinski definition) is 5. The van der Waals surface area contributed by atoms with Gasteiger partial charge in [0.2, 0.25) is 5.91 Å². The molecule has 1 aromatic carbocycles. The third kappa shape index (κ3) is 4.34. The van der Waals surface area contributed by atoms with Gasteiger partial charge in [-0.15, -0.1) is 0 Å². The summed E-state index contributed by atoms with van der Waals surface area (Å²) in [5, 5.41) is 11.8. The summed E-state index contributed by atoms with van der Waals surface area (Å²) in [6, 6.07) is 4.78. The number of nitro benzene ring substituents is 1. The minimum absolute atomic E-state index is 0.0209. The van der Waals surface area contributed by atoms with Crippen LogP contribution < -0.4 is 4.90 Å². The molecule has 6 rings (SSSR count). The highest BCUT2D eigenvalue weighted by Gasteiger charge is 2.51. The predicted octanol–water partition coefficient (Wildman–Crippen LogP) is 4.05. The number of likely N-dealkylation sites (N-methyl/N-ethyl adjacent to an activating group) is 1. The molecule has 0 aromatic heterocycles. The maximum atomic E-state index is 13.0. The fraction of sp³-hybridized carbons (Fsp3) is 0.708. The lowest BCUT2D eigenvalue weighted by Gasteiger charge is -2.57. The monoisotopic (exact) mass is 460 g/mol. The summed E-state index contributed by atoms with van der Waals surface area (Å²) in [6.07, 6.45) is 8.40. The number of piperazine rings is 1. The van der Waals surface area contributed by atoms with Crippen LogP contribution >= 0.6 is 11.6 Å². The Hall–Kier alpha value is -1.86. The summed E-state index contributed by atoms with van der Waals surface area (Å²) >= 11 is 5.94. The fourth-order valence-corrected chi connectivity index (χ4v) is 7.72. The molecular formula is C24H33ClN4O3. The smallest absolute Gasteiger partial charge is 0.294 e. The minimum atomic E-state index is -0.391. The summed E-state index contributed by atoms with van der Waals surface area (Å²) in [6.45, 7) is 3.86. The van der Waals surface area contributed by atoms with Gasteiger partial charge in [0.25, 0.3) is 5.69 Å². The SMILES string of the molecule is CN(CC(=O)N1CCN(c2ccc(Cl)cc2[N+](=O)[O-])CC1)CC12CC3CC(CC(C3)C1)C2. The van der Waals surface area contributed by atoms with Crippen LogP contribution in [0.4, 0.5) is 11.4 Å². The summed E-state index contributed by atoms with van der Waals surface area (Å²) in [4.78, 5) is 30.2. The predicted molar refractivity (Wildman–Crippen MR) is 125 cm³/mol. The van der Waals surface area contributed by atoms with Crippen LogP contribution in [0.15, 0.2) is 18.2 Å². The van der Waals surface area contributed by atoms with E-state index in [1.807, 2.05) is 9.80 Å². The van der Waals surface area contributed by atoms with E-state index >= 15 is 0 Å². The molecule has 4 bridgehead atoms. The molecule has 8 heteroatoms. The van der Waals surface area contributed by atoms with Crippen molar-refractivity contribution in [1.29, 1.82) is 0 Å². The number of anilines is 1. The van der Waals surface area contributed by atoms with E-state index in [0.717, 1.165) is 24.3 Å². The number of nitro groups is 1. The molecule has 4 saturated carbocycles. The third-order valence-corrected chi connectivity index (χ3v) is 8.52. The van der Waals surface area contributed by atoms with Gasteiger partial charge >= 0.3 is 0 Å². The highest BCUT2D eigenvalue weighted by Crippen LogP contribution is 2.60. The molecule has 4 aliphatic carbocycles. The van der Waals surface area contributed by atoms with Gasteiger partial charge in [0.1, 0.15) is 5.69 Å². The molecule has 1 heterocycles. The van der Waals surface area contributed by atoms with Crippen LogP contribution in [0.5, 0.6) is 0 Å². The zero-order chi connectivity index (χ0) is 22.5.